The maximum absolute atomic E-state index is 6.32. The van der Waals surface area contributed by atoms with Gasteiger partial charge in [-0.05, 0) is 20.0 Å². The highest BCUT2D eigenvalue weighted by Gasteiger charge is 2.44. The lowest BCUT2D eigenvalue weighted by Crippen LogP contribution is -2.44. The predicted octanol–water partition coefficient (Wildman–Crippen LogP) is 1.85. The van der Waals surface area contributed by atoms with Crippen LogP contribution in [0, 0.1) is 6.92 Å². The maximum atomic E-state index is 6.32. The Morgan fingerprint density at radius 3 is 3.00 bits per heavy atom. The molecule has 0 aliphatic carbocycles. The maximum Gasteiger partial charge on any atom is 0.125 e. The van der Waals surface area contributed by atoms with Gasteiger partial charge >= 0.3 is 0 Å². The van der Waals surface area contributed by atoms with E-state index < -0.39 is 0 Å². The van der Waals surface area contributed by atoms with Crippen LogP contribution in [0.25, 0.3) is 0 Å². The summed E-state index contributed by atoms with van der Waals surface area (Å²) in [4.78, 5) is 2.33. The smallest absolute Gasteiger partial charge is 0.125 e. The summed E-state index contributed by atoms with van der Waals surface area (Å²) in [5, 5.41) is 0. The van der Waals surface area contributed by atoms with E-state index in [1.54, 1.807) is 0 Å². The molecule has 3 heteroatoms. The topological polar surface area (TPSA) is 38.5 Å². The summed E-state index contributed by atoms with van der Waals surface area (Å²) in [7, 11) is 2.15. The lowest BCUT2D eigenvalue weighted by atomic mass is 9.86. The van der Waals surface area contributed by atoms with Gasteiger partial charge in [0.15, 0.2) is 0 Å². The van der Waals surface area contributed by atoms with Crippen LogP contribution in [0.5, 0.6) is 5.75 Å². The number of nitrogens with zero attached hydrogens (tertiary/aromatic N) is 1. The summed E-state index contributed by atoms with van der Waals surface area (Å²) in [6.45, 7) is 4.20. The molecule has 3 rings (SSSR count). The van der Waals surface area contributed by atoms with Gasteiger partial charge in [-0.15, -0.1) is 0 Å². The lowest BCUT2D eigenvalue weighted by Gasteiger charge is -2.38. The van der Waals surface area contributed by atoms with Crippen molar-refractivity contribution in [2.45, 2.75) is 31.4 Å². The molecule has 1 saturated heterocycles. The highest BCUT2D eigenvalue weighted by atomic mass is 16.5. The van der Waals surface area contributed by atoms with E-state index in [1.165, 1.54) is 11.1 Å². The van der Waals surface area contributed by atoms with Crippen LogP contribution in [0.15, 0.2) is 18.2 Å². The van der Waals surface area contributed by atoms with Gasteiger partial charge in [0.05, 0.1) is 0 Å². The van der Waals surface area contributed by atoms with Crippen molar-refractivity contribution in [3.05, 3.63) is 29.3 Å². The molecule has 2 aliphatic rings. The zero-order valence-electron chi connectivity index (χ0n) is 10.6. The molecule has 3 nitrogen and oxygen atoms in total. The van der Waals surface area contributed by atoms with E-state index in [0.29, 0.717) is 0 Å². The van der Waals surface area contributed by atoms with Crippen LogP contribution in [0.1, 0.15) is 30.0 Å². The first-order valence-electron chi connectivity index (χ1n) is 6.32. The van der Waals surface area contributed by atoms with Gasteiger partial charge < -0.3 is 15.4 Å². The fourth-order valence-electron chi connectivity index (χ4n) is 3.13. The van der Waals surface area contributed by atoms with Crippen molar-refractivity contribution in [3.8, 4) is 5.75 Å². The Morgan fingerprint density at radius 1 is 1.47 bits per heavy atom. The number of rotatable bonds is 0. The molecule has 0 saturated carbocycles. The summed E-state index contributed by atoms with van der Waals surface area (Å²) in [6.07, 6.45) is 2.03. The Labute approximate surface area is 103 Å². The van der Waals surface area contributed by atoms with E-state index in [1.807, 2.05) is 0 Å². The van der Waals surface area contributed by atoms with Crippen LogP contribution < -0.4 is 10.5 Å². The SMILES string of the molecule is Cc1ccc2c(c1)[C@H](N)CC1(CCN(C)C1)O2. The first kappa shape index (κ1) is 11.1. The molecule has 1 fully saturated rings. The van der Waals surface area contributed by atoms with Crippen LogP contribution >= 0.6 is 0 Å². The van der Waals surface area contributed by atoms with Gasteiger partial charge in [-0.1, -0.05) is 17.7 Å². The molecule has 0 radical (unpaired) electrons. The van der Waals surface area contributed by atoms with Gasteiger partial charge in [0.2, 0.25) is 0 Å². The van der Waals surface area contributed by atoms with Crippen molar-refractivity contribution in [3.63, 3.8) is 0 Å². The van der Waals surface area contributed by atoms with E-state index in [2.05, 4.69) is 37.1 Å². The summed E-state index contributed by atoms with van der Waals surface area (Å²) >= 11 is 0. The third-order valence-electron chi connectivity index (χ3n) is 3.99. The lowest BCUT2D eigenvalue weighted by molar-refractivity contribution is 0.0466. The minimum atomic E-state index is -0.0452. The Kier molecular flexibility index (Phi) is 2.42. The molecule has 92 valence electrons. The van der Waals surface area contributed by atoms with Crippen molar-refractivity contribution in [2.75, 3.05) is 20.1 Å². The Hall–Kier alpha value is -1.06. The normalized spacial score (nSPS) is 32.5. The fraction of sp³-hybridized carbons (Fsp3) is 0.571. The Balaban J connectivity index is 1.96. The van der Waals surface area contributed by atoms with Crippen LogP contribution in [0.2, 0.25) is 0 Å². The second-order valence-electron chi connectivity index (χ2n) is 5.62. The summed E-state index contributed by atoms with van der Waals surface area (Å²) in [5.74, 6) is 0.990. The van der Waals surface area contributed by atoms with Crippen LogP contribution in [0.3, 0.4) is 0 Å². The Morgan fingerprint density at radius 2 is 2.29 bits per heavy atom. The monoisotopic (exact) mass is 232 g/mol. The minimum Gasteiger partial charge on any atom is -0.485 e. The van der Waals surface area contributed by atoms with E-state index in [0.717, 1.165) is 31.7 Å². The molecule has 0 aromatic heterocycles. The number of benzene rings is 1. The summed E-state index contributed by atoms with van der Waals surface area (Å²) < 4.78 is 6.25. The van der Waals surface area contributed by atoms with Crippen molar-refractivity contribution in [1.82, 2.24) is 4.90 Å². The average molecular weight is 232 g/mol. The zero-order valence-corrected chi connectivity index (χ0v) is 10.6. The van der Waals surface area contributed by atoms with Crippen LogP contribution in [-0.4, -0.2) is 30.6 Å². The van der Waals surface area contributed by atoms with Gasteiger partial charge in [-0.3, -0.25) is 0 Å². The molecule has 2 N–H and O–H groups in total. The number of likely N-dealkylation sites (tertiary alicyclic amines) is 1. The third-order valence-corrected chi connectivity index (χ3v) is 3.99. The van der Waals surface area contributed by atoms with Crippen LogP contribution in [0.4, 0.5) is 0 Å². The van der Waals surface area contributed by atoms with E-state index >= 15 is 0 Å². The molecule has 1 aromatic rings. The van der Waals surface area contributed by atoms with Crippen molar-refractivity contribution in [2.24, 2.45) is 5.73 Å². The van der Waals surface area contributed by atoms with E-state index in [9.17, 15) is 0 Å². The van der Waals surface area contributed by atoms with E-state index in [4.69, 9.17) is 10.5 Å². The molecule has 1 spiro atoms. The average Bonchev–Trinajstić information content (AvgIpc) is 2.61. The summed E-state index contributed by atoms with van der Waals surface area (Å²) in [6, 6.07) is 6.45. The van der Waals surface area contributed by atoms with Crippen molar-refractivity contribution >= 4 is 0 Å². The molecular weight excluding hydrogens is 212 g/mol. The third kappa shape index (κ3) is 1.83. The molecular formula is C14H20N2O. The second-order valence-corrected chi connectivity index (χ2v) is 5.62. The van der Waals surface area contributed by atoms with Gasteiger partial charge in [-0.2, -0.15) is 0 Å². The highest BCUT2D eigenvalue weighted by molar-refractivity contribution is 5.41. The summed E-state index contributed by atoms with van der Waals surface area (Å²) in [5.41, 5.74) is 8.70. The number of hydrogen-bond donors (Lipinski definition) is 1. The van der Waals surface area contributed by atoms with E-state index in [-0.39, 0.29) is 11.6 Å². The highest BCUT2D eigenvalue weighted by Crippen LogP contribution is 2.42. The minimum absolute atomic E-state index is 0.0452. The number of nitrogens with two attached hydrogens (primary N) is 1. The number of hydrogen-bond acceptors (Lipinski definition) is 3. The van der Waals surface area contributed by atoms with Gasteiger partial charge in [0, 0.05) is 37.5 Å². The molecule has 0 amide bonds. The zero-order chi connectivity index (χ0) is 12.0. The predicted molar refractivity (Wildman–Crippen MR) is 68.2 cm³/mol. The Bertz CT molecular complexity index is 446. The number of ether oxygens (including phenoxy) is 1. The van der Waals surface area contributed by atoms with Gasteiger partial charge in [-0.25, -0.2) is 0 Å². The molecule has 1 aromatic carbocycles. The second kappa shape index (κ2) is 3.72. The van der Waals surface area contributed by atoms with Gasteiger partial charge in [0.1, 0.15) is 11.4 Å². The number of aryl methyl sites for hydroxylation is 1. The molecule has 2 heterocycles. The van der Waals surface area contributed by atoms with Crippen LogP contribution in [-0.2, 0) is 0 Å². The van der Waals surface area contributed by atoms with Gasteiger partial charge in [0.25, 0.3) is 0 Å². The van der Waals surface area contributed by atoms with Crippen molar-refractivity contribution < 1.29 is 4.74 Å². The molecule has 17 heavy (non-hydrogen) atoms. The number of likely N-dealkylation sites (N-methyl/N-ethyl adjacent to an activating group) is 1. The number of fused-ring (bicyclic) bond motifs is 1. The largest absolute Gasteiger partial charge is 0.485 e. The molecule has 1 unspecified atom stereocenters. The molecule has 2 aliphatic heterocycles. The molecule has 2 atom stereocenters. The fourth-order valence-corrected chi connectivity index (χ4v) is 3.13. The first-order valence-corrected chi connectivity index (χ1v) is 6.32. The quantitative estimate of drug-likeness (QED) is 0.742. The van der Waals surface area contributed by atoms with Crippen molar-refractivity contribution in [1.29, 1.82) is 0 Å². The molecule has 0 bridgehead atoms. The standard InChI is InChI=1S/C14H20N2O/c1-10-3-4-13-11(7-10)12(15)8-14(17-13)5-6-16(2)9-14/h3-4,7,12H,5-6,8-9,15H2,1-2H3/t12-,14?/m1/s1. The first-order chi connectivity index (χ1) is 8.08.